The van der Waals surface area contributed by atoms with Gasteiger partial charge in [0.25, 0.3) is 0 Å². The third-order valence-electron chi connectivity index (χ3n) is 5.02. The molecule has 0 saturated carbocycles. The molecule has 2 N–H and O–H groups in total. The average Bonchev–Trinajstić information content (AvgIpc) is 3.00. The van der Waals surface area contributed by atoms with Gasteiger partial charge in [-0.25, -0.2) is 0 Å². The van der Waals surface area contributed by atoms with Crippen LogP contribution in [0.4, 0.5) is 0 Å². The SMILES string of the molecule is CCCCn1c(SCC(=O)N[C@](C)(C#N)C(C)C)nnc1[C@@H](CC)[NH+](C)C. The van der Waals surface area contributed by atoms with Crippen LogP contribution in [-0.2, 0) is 11.3 Å². The van der Waals surface area contributed by atoms with Crippen molar-refractivity contribution in [3.63, 3.8) is 0 Å². The maximum atomic E-state index is 12.4. The van der Waals surface area contributed by atoms with Crippen molar-refractivity contribution in [1.29, 1.82) is 5.26 Å². The molecular weight excluding hydrogens is 360 g/mol. The summed E-state index contributed by atoms with van der Waals surface area (Å²) in [5.41, 5.74) is -0.861. The van der Waals surface area contributed by atoms with Crippen molar-refractivity contribution in [2.24, 2.45) is 5.92 Å². The molecule has 1 heterocycles. The van der Waals surface area contributed by atoms with Crippen LogP contribution in [0.5, 0.6) is 0 Å². The van der Waals surface area contributed by atoms with E-state index in [1.54, 1.807) is 6.92 Å². The lowest BCUT2D eigenvalue weighted by atomic mass is 9.90. The maximum Gasteiger partial charge on any atom is 0.231 e. The van der Waals surface area contributed by atoms with Gasteiger partial charge in [0.1, 0.15) is 11.6 Å². The Morgan fingerprint density at radius 1 is 1.37 bits per heavy atom. The third kappa shape index (κ3) is 6.22. The van der Waals surface area contributed by atoms with Gasteiger partial charge < -0.3 is 14.8 Å². The van der Waals surface area contributed by atoms with Crippen molar-refractivity contribution in [3.8, 4) is 6.07 Å². The summed E-state index contributed by atoms with van der Waals surface area (Å²) in [5, 5.41) is 21.8. The minimum absolute atomic E-state index is 0.0321. The molecule has 0 bridgehead atoms. The van der Waals surface area contributed by atoms with Gasteiger partial charge in [-0.1, -0.05) is 45.9 Å². The van der Waals surface area contributed by atoms with Crippen LogP contribution in [0, 0.1) is 17.2 Å². The van der Waals surface area contributed by atoms with Gasteiger partial charge in [0.05, 0.1) is 25.9 Å². The normalized spacial score (nSPS) is 14.8. The van der Waals surface area contributed by atoms with Crippen molar-refractivity contribution >= 4 is 17.7 Å². The number of amides is 1. The molecule has 0 aliphatic carbocycles. The number of nitrogens with zero attached hydrogens (tertiary/aromatic N) is 4. The molecule has 27 heavy (non-hydrogen) atoms. The summed E-state index contributed by atoms with van der Waals surface area (Å²) in [4.78, 5) is 13.7. The van der Waals surface area contributed by atoms with E-state index in [1.165, 1.54) is 16.7 Å². The Hall–Kier alpha value is -1.59. The van der Waals surface area contributed by atoms with Gasteiger partial charge in [-0.3, -0.25) is 4.79 Å². The Morgan fingerprint density at radius 2 is 2.04 bits per heavy atom. The first-order chi connectivity index (χ1) is 12.7. The van der Waals surface area contributed by atoms with E-state index in [4.69, 9.17) is 0 Å². The molecule has 1 rings (SSSR count). The van der Waals surface area contributed by atoms with E-state index in [-0.39, 0.29) is 23.6 Å². The van der Waals surface area contributed by atoms with E-state index in [0.717, 1.165) is 36.8 Å². The van der Waals surface area contributed by atoms with Gasteiger partial charge in [-0.05, 0) is 19.3 Å². The number of nitriles is 1. The molecule has 152 valence electrons. The highest BCUT2D eigenvalue weighted by atomic mass is 32.2. The Labute approximate surface area is 167 Å². The maximum absolute atomic E-state index is 12.4. The van der Waals surface area contributed by atoms with Crippen molar-refractivity contribution in [2.75, 3.05) is 19.8 Å². The molecule has 0 saturated heterocycles. The number of carbonyl (C=O) groups is 1. The zero-order chi connectivity index (χ0) is 20.6. The molecule has 0 radical (unpaired) electrons. The number of rotatable bonds is 11. The molecule has 0 aromatic carbocycles. The molecule has 8 heteroatoms. The number of hydrogen-bond donors (Lipinski definition) is 2. The fraction of sp³-hybridized carbons (Fsp3) is 0.789. The van der Waals surface area contributed by atoms with Gasteiger partial charge in [-0.15, -0.1) is 10.2 Å². The zero-order valence-electron chi connectivity index (χ0n) is 17.8. The largest absolute Gasteiger partial charge is 0.337 e. The quantitative estimate of drug-likeness (QED) is 0.558. The average molecular weight is 396 g/mol. The summed E-state index contributed by atoms with van der Waals surface area (Å²) < 4.78 is 2.16. The smallest absolute Gasteiger partial charge is 0.231 e. The van der Waals surface area contributed by atoms with Crippen LogP contribution in [0.3, 0.4) is 0 Å². The number of carbonyl (C=O) groups excluding carboxylic acids is 1. The Bertz CT molecular complexity index is 651. The van der Waals surface area contributed by atoms with Crippen LogP contribution in [0.1, 0.15) is 65.7 Å². The summed E-state index contributed by atoms with van der Waals surface area (Å²) >= 11 is 1.39. The lowest BCUT2D eigenvalue weighted by molar-refractivity contribution is -0.893. The fourth-order valence-electron chi connectivity index (χ4n) is 2.80. The van der Waals surface area contributed by atoms with Crippen LogP contribution in [0.25, 0.3) is 0 Å². The summed E-state index contributed by atoms with van der Waals surface area (Å²) in [6.45, 7) is 10.8. The Balaban J connectivity index is 2.92. The van der Waals surface area contributed by atoms with Gasteiger partial charge >= 0.3 is 0 Å². The van der Waals surface area contributed by atoms with E-state index < -0.39 is 5.54 Å². The van der Waals surface area contributed by atoms with Crippen molar-refractivity contribution < 1.29 is 9.69 Å². The van der Waals surface area contributed by atoms with E-state index in [2.05, 4.69) is 54.1 Å². The van der Waals surface area contributed by atoms with E-state index >= 15 is 0 Å². The summed E-state index contributed by atoms with van der Waals surface area (Å²) in [5.74, 6) is 1.08. The first-order valence-electron chi connectivity index (χ1n) is 9.78. The van der Waals surface area contributed by atoms with Gasteiger partial charge in [0, 0.05) is 13.0 Å². The van der Waals surface area contributed by atoms with E-state index in [1.807, 2.05) is 13.8 Å². The van der Waals surface area contributed by atoms with Crippen molar-refractivity contribution in [2.45, 2.75) is 77.2 Å². The first kappa shape index (κ1) is 23.4. The molecule has 1 amide bonds. The minimum Gasteiger partial charge on any atom is -0.337 e. The molecule has 0 aliphatic heterocycles. The number of nitrogens with one attached hydrogen (secondary N) is 2. The first-order valence-corrected chi connectivity index (χ1v) is 10.8. The fourth-order valence-corrected chi connectivity index (χ4v) is 3.57. The van der Waals surface area contributed by atoms with Gasteiger partial charge in [0.2, 0.25) is 5.91 Å². The van der Waals surface area contributed by atoms with Crippen molar-refractivity contribution in [1.82, 2.24) is 20.1 Å². The second-order valence-corrected chi connectivity index (χ2v) is 8.63. The number of hydrogen-bond acceptors (Lipinski definition) is 5. The van der Waals surface area contributed by atoms with Crippen molar-refractivity contribution in [3.05, 3.63) is 5.82 Å². The number of thioether (sulfide) groups is 1. The monoisotopic (exact) mass is 395 g/mol. The molecule has 0 unspecified atom stereocenters. The lowest BCUT2D eigenvalue weighted by Crippen LogP contribution is -3.06. The molecule has 2 atom stereocenters. The zero-order valence-corrected chi connectivity index (χ0v) is 18.6. The molecule has 0 spiro atoms. The summed E-state index contributed by atoms with van der Waals surface area (Å²) in [7, 11) is 4.25. The highest BCUT2D eigenvalue weighted by Crippen LogP contribution is 2.22. The lowest BCUT2D eigenvalue weighted by Gasteiger charge is -2.27. The Kier molecular flexibility index (Phi) is 9.27. The standard InChI is InChI=1S/C19H34N6OS/c1-8-10-11-25-17(15(9-2)24(6)7)22-23-18(25)27-12-16(26)21-19(5,13-20)14(3)4/h14-15H,8-12H2,1-7H3,(H,21,26)/p+1/t15-,19-/m1/s1. The molecule has 1 aromatic heterocycles. The number of aromatic nitrogens is 3. The molecular formula is C19H35N6OS+. The number of unbranched alkanes of at least 4 members (excludes halogenated alkanes) is 1. The second-order valence-electron chi connectivity index (χ2n) is 7.69. The van der Waals surface area contributed by atoms with Gasteiger partial charge in [0.15, 0.2) is 11.0 Å². The topological polar surface area (TPSA) is 88.0 Å². The van der Waals surface area contributed by atoms with Crippen LogP contribution >= 0.6 is 11.8 Å². The van der Waals surface area contributed by atoms with Crippen LogP contribution in [0.15, 0.2) is 5.16 Å². The number of quaternary nitrogens is 1. The van der Waals surface area contributed by atoms with Gasteiger partial charge in [-0.2, -0.15) is 5.26 Å². The predicted molar refractivity (Wildman–Crippen MR) is 108 cm³/mol. The molecule has 7 nitrogen and oxygen atoms in total. The highest BCUT2D eigenvalue weighted by Gasteiger charge is 2.30. The minimum atomic E-state index is -0.861. The van der Waals surface area contributed by atoms with E-state index in [0.29, 0.717) is 0 Å². The van der Waals surface area contributed by atoms with E-state index in [9.17, 15) is 10.1 Å². The predicted octanol–water partition coefficient (Wildman–Crippen LogP) is 1.82. The molecule has 0 fully saturated rings. The highest BCUT2D eigenvalue weighted by molar-refractivity contribution is 7.99. The Morgan fingerprint density at radius 3 is 2.52 bits per heavy atom. The summed E-state index contributed by atoms with van der Waals surface area (Å²) in [6.07, 6.45) is 3.11. The van der Waals surface area contributed by atoms with Crippen LogP contribution < -0.4 is 10.2 Å². The summed E-state index contributed by atoms with van der Waals surface area (Å²) in [6, 6.07) is 2.49. The molecule has 1 aromatic rings. The van der Waals surface area contributed by atoms with Crippen LogP contribution in [-0.4, -0.2) is 46.1 Å². The third-order valence-corrected chi connectivity index (χ3v) is 5.98. The van der Waals surface area contributed by atoms with Crippen LogP contribution in [0.2, 0.25) is 0 Å². The molecule has 0 aliphatic rings. The second kappa shape index (κ2) is 10.7.